The van der Waals surface area contributed by atoms with Gasteiger partial charge in [-0.25, -0.2) is 9.79 Å². The van der Waals surface area contributed by atoms with Gasteiger partial charge in [0.1, 0.15) is 16.3 Å². The highest BCUT2D eigenvalue weighted by Gasteiger charge is 2.38. The quantitative estimate of drug-likeness (QED) is 0.123. The summed E-state index contributed by atoms with van der Waals surface area (Å²) in [6.07, 6.45) is 0. The maximum Gasteiger partial charge on any atom is 0.328 e. The number of aliphatic imine (C=N–C) groups is 1. The van der Waals surface area contributed by atoms with Crippen LogP contribution in [0.1, 0.15) is 80.4 Å². The Kier molecular flexibility index (Phi) is 8.49. The van der Waals surface area contributed by atoms with E-state index in [9.17, 15) is 43.5 Å². The molecule has 5 aromatic carbocycles. The summed E-state index contributed by atoms with van der Waals surface area (Å²) in [5, 5.41) is 9.79. The molecule has 3 aliphatic rings. The minimum absolute atomic E-state index is 0.0214. The lowest BCUT2D eigenvalue weighted by molar-refractivity contribution is 0.0978. The van der Waals surface area contributed by atoms with Crippen molar-refractivity contribution >= 4 is 52.5 Å². The summed E-state index contributed by atoms with van der Waals surface area (Å²) in [7, 11) is 0. The van der Waals surface area contributed by atoms with Crippen molar-refractivity contribution in [1.29, 1.82) is 0 Å². The van der Waals surface area contributed by atoms with E-state index in [1.807, 2.05) is 4.98 Å². The maximum atomic E-state index is 13.6. The van der Waals surface area contributed by atoms with Crippen molar-refractivity contribution in [2.75, 3.05) is 11.5 Å². The van der Waals surface area contributed by atoms with Gasteiger partial charge in [-0.05, 0) is 23.3 Å². The number of aromatic amines is 4. The van der Waals surface area contributed by atoms with Gasteiger partial charge in [-0.2, -0.15) is 0 Å². The SMILES string of the molecule is C=c1[nH]c(=O)c(=C2N=C(c3c(O)[nH]c(=O)[nH]c3=O)c3ccccc32)c(=O)[nH]1.Nc1ccc(-c2ccc(N)c3c2C(=O)c2ccccc2C3=O)c2c1C(=O)c1ccccc1C2=O. The summed E-state index contributed by atoms with van der Waals surface area (Å²) in [5.41, 5.74) is 12.4. The number of aromatic nitrogens is 4. The minimum Gasteiger partial charge on any atom is -0.494 e. The van der Waals surface area contributed by atoms with Gasteiger partial charge in [-0.3, -0.25) is 43.5 Å². The van der Waals surface area contributed by atoms with Gasteiger partial charge in [-0.1, -0.05) is 91.5 Å². The number of nitrogens with zero attached hydrogens (tertiary/aromatic N) is 1. The predicted molar refractivity (Wildman–Crippen MR) is 224 cm³/mol. The number of ketones is 4. The van der Waals surface area contributed by atoms with Crippen molar-refractivity contribution < 1.29 is 24.3 Å². The minimum atomic E-state index is -0.878. The van der Waals surface area contributed by atoms with E-state index < -0.39 is 28.2 Å². The highest BCUT2D eigenvalue weighted by molar-refractivity contribution is 6.35. The summed E-state index contributed by atoms with van der Waals surface area (Å²) in [6.45, 7) is 3.48. The molecule has 10 rings (SSSR count). The van der Waals surface area contributed by atoms with E-state index >= 15 is 0 Å². The second-order valence-corrected chi connectivity index (χ2v) is 14.1. The lowest BCUT2D eigenvalue weighted by Crippen LogP contribution is -2.48. The van der Waals surface area contributed by atoms with Crippen LogP contribution in [0, 0.1) is 0 Å². The molecule has 16 heteroatoms. The van der Waals surface area contributed by atoms with Crippen molar-refractivity contribution in [2.45, 2.75) is 0 Å². The van der Waals surface area contributed by atoms with Gasteiger partial charge >= 0.3 is 5.69 Å². The zero-order valence-corrected chi connectivity index (χ0v) is 31.3. The van der Waals surface area contributed by atoms with Crippen LogP contribution in [0.15, 0.2) is 121 Å². The average molecular weight is 810 g/mol. The third-order valence-corrected chi connectivity index (χ3v) is 10.5. The van der Waals surface area contributed by atoms with Crippen LogP contribution in [0.4, 0.5) is 11.4 Å². The molecule has 2 aliphatic carbocycles. The van der Waals surface area contributed by atoms with Crippen LogP contribution >= 0.6 is 0 Å². The first-order chi connectivity index (χ1) is 29.3. The molecule has 0 bridgehead atoms. The van der Waals surface area contributed by atoms with Gasteiger partial charge in [0.25, 0.3) is 16.7 Å². The highest BCUT2D eigenvalue weighted by Crippen LogP contribution is 2.42. The molecule has 0 fully saturated rings. The summed E-state index contributed by atoms with van der Waals surface area (Å²) in [5.74, 6) is -2.13. The Bertz CT molecular complexity index is 3450. The molecule has 0 radical (unpaired) electrons. The fraction of sp³-hybridized carbons (Fsp3) is 0. The van der Waals surface area contributed by atoms with Crippen LogP contribution in [-0.2, 0) is 0 Å². The molecule has 9 N–H and O–H groups in total. The van der Waals surface area contributed by atoms with E-state index in [4.69, 9.17) is 11.5 Å². The topological polar surface area (TPSA) is 284 Å². The number of hydrogen-bond acceptors (Lipinski definition) is 12. The zero-order chi connectivity index (χ0) is 43.0. The first-order valence-electron chi connectivity index (χ1n) is 18.3. The van der Waals surface area contributed by atoms with E-state index in [1.165, 1.54) is 0 Å². The Labute approximate surface area is 339 Å². The van der Waals surface area contributed by atoms with Crippen LogP contribution in [0.3, 0.4) is 0 Å². The fourth-order valence-corrected chi connectivity index (χ4v) is 7.90. The molecule has 61 heavy (non-hydrogen) atoms. The number of nitrogens with one attached hydrogen (secondary N) is 4. The number of nitrogen functional groups attached to an aromatic ring is 2. The van der Waals surface area contributed by atoms with Gasteiger partial charge in [0.15, 0.2) is 23.1 Å². The number of fused-ring (bicyclic) bond motifs is 5. The number of carbonyl (C=O) groups excluding carboxylic acids is 4. The number of carbonyl (C=O) groups is 4. The first-order valence-corrected chi connectivity index (χ1v) is 18.3. The number of anilines is 2. The molecule has 2 aromatic heterocycles. The Morgan fingerprint density at radius 3 is 1.30 bits per heavy atom. The van der Waals surface area contributed by atoms with Crippen LogP contribution in [-0.4, -0.2) is 53.9 Å². The summed E-state index contributed by atoms with van der Waals surface area (Å²) in [6, 6.07) is 26.0. The van der Waals surface area contributed by atoms with Crippen LogP contribution in [0.25, 0.3) is 23.4 Å². The number of rotatable bonds is 2. The molecule has 1 aliphatic heterocycles. The third-order valence-electron chi connectivity index (χ3n) is 10.5. The van der Waals surface area contributed by atoms with Crippen molar-refractivity contribution in [3.63, 3.8) is 0 Å². The molecule has 0 saturated heterocycles. The predicted octanol–water partition coefficient (Wildman–Crippen LogP) is 1.63. The third kappa shape index (κ3) is 5.73. The first kappa shape index (κ1) is 37.5. The molecular formula is C45H27N7O9. The Hall–Kier alpha value is -9.05. The normalized spacial score (nSPS) is 13.3. The second kappa shape index (κ2) is 13.8. The number of aromatic hydroxyl groups is 1. The standard InChI is InChI=1S/C28H16N2O4.C17H11N5O5/c29-19-11-9-13(21-23(19)27(33)17-7-3-1-5-15(17)25(21)31)14-10-12-20(30)24-22(14)26(32)16-6-2-4-8-18(16)28(24)34;1-6-18-13(23)9(14(24)19-6)11-7-4-2-3-5-8(7)12(20-11)10-15(25)21-17(27)22-16(10)26/h1-12H,29-30H2;2-5H,1H2,(H,18,23)(H,19,24)(H3,21,22,25,26,27). The van der Waals surface area contributed by atoms with E-state index in [1.54, 1.807) is 97.1 Å². The molecule has 0 amide bonds. The Morgan fingerprint density at radius 2 is 0.852 bits per heavy atom. The van der Waals surface area contributed by atoms with Crippen LogP contribution in [0.2, 0.25) is 0 Å². The van der Waals surface area contributed by atoms with Gasteiger partial charge in [-0.15, -0.1) is 0 Å². The van der Waals surface area contributed by atoms with Gasteiger partial charge < -0.3 is 26.5 Å². The van der Waals surface area contributed by atoms with Crippen molar-refractivity contribution in [3.05, 3.63) is 211 Å². The Morgan fingerprint density at radius 1 is 0.443 bits per heavy atom. The van der Waals surface area contributed by atoms with Crippen molar-refractivity contribution in [3.8, 4) is 17.0 Å². The van der Waals surface area contributed by atoms with Gasteiger partial charge in [0.2, 0.25) is 5.88 Å². The van der Waals surface area contributed by atoms with Crippen molar-refractivity contribution in [1.82, 2.24) is 19.9 Å². The number of hydrogen-bond donors (Lipinski definition) is 7. The molecular weight excluding hydrogens is 783 g/mol. The monoisotopic (exact) mass is 809 g/mol. The van der Waals surface area contributed by atoms with E-state index in [2.05, 4.69) is 26.5 Å². The number of H-pyrrole nitrogens is 4. The van der Waals surface area contributed by atoms with E-state index in [-0.39, 0.29) is 107 Å². The molecule has 7 aromatic rings. The summed E-state index contributed by atoms with van der Waals surface area (Å²) < 4.78 is 0. The zero-order valence-electron chi connectivity index (χ0n) is 31.3. The second-order valence-electron chi connectivity index (χ2n) is 14.1. The maximum absolute atomic E-state index is 13.6. The van der Waals surface area contributed by atoms with Gasteiger partial charge in [0, 0.05) is 55.9 Å². The molecule has 0 atom stereocenters. The fourth-order valence-electron chi connectivity index (χ4n) is 7.90. The van der Waals surface area contributed by atoms with E-state index in [0.29, 0.717) is 22.3 Å². The molecule has 0 spiro atoms. The molecule has 0 unspecified atom stereocenters. The van der Waals surface area contributed by atoms with Gasteiger partial charge in [0.05, 0.1) is 22.5 Å². The lowest BCUT2D eigenvalue weighted by Gasteiger charge is -2.25. The molecule has 296 valence electrons. The summed E-state index contributed by atoms with van der Waals surface area (Å²) >= 11 is 0. The smallest absolute Gasteiger partial charge is 0.328 e. The van der Waals surface area contributed by atoms with Crippen LogP contribution < -0.4 is 44.5 Å². The van der Waals surface area contributed by atoms with Crippen molar-refractivity contribution in [2.24, 2.45) is 4.99 Å². The average Bonchev–Trinajstić information content (AvgIpc) is 3.59. The summed E-state index contributed by atoms with van der Waals surface area (Å²) in [4.78, 5) is 115. The van der Waals surface area contributed by atoms with E-state index in [0.717, 1.165) is 0 Å². The number of nitrogens with two attached hydrogens (primary N) is 2. The number of benzene rings is 5. The highest BCUT2D eigenvalue weighted by atomic mass is 16.3. The largest absolute Gasteiger partial charge is 0.494 e. The lowest BCUT2D eigenvalue weighted by atomic mass is 9.76. The van der Waals surface area contributed by atoms with Crippen LogP contribution in [0.5, 0.6) is 5.88 Å². The Balaban J connectivity index is 0.000000161. The molecule has 16 nitrogen and oxygen atoms in total. The molecule has 3 heterocycles. The molecule has 0 saturated carbocycles.